The molecule has 6 heteroatoms. The molecule has 0 atom stereocenters. The fraction of sp³-hybridized carbons (Fsp3) is 0.278. The quantitative estimate of drug-likeness (QED) is 0.794. The number of aromatic nitrogens is 2. The van der Waals surface area contributed by atoms with Crippen LogP contribution in [-0.4, -0.2) is 22.5 Å². The molecule has 0 spiro atoms. The van der Waals surface area contributed by atoms with Gasteiger partial charge in [-0.15, -0.1) is 0 Å². The Hall–Kier alpha value is -2.89. The zero-order valence-corrected chi connectivity index (χ0v) is 14.1. The van der Waals surface area contributed by atoms with E-state index in [4.69, 9.17) is 9.15 Å². The van der Waals surface area contributed by atoms with Gasteiger partial charge in [0.05, 0.1) is 0 Å². The summed E-state index contributed by atoms with van der Waals surface area (Å²) in [5.74, 6) is 0.863. The van der Waals surface area contributed by atoms with Crippen molar-refractivity contribution in [2.45, 2.75) is 27.7 Å². The van der Waals surface area contributed by atoms with Crippen molar-refractivity contribution in [2.75, 3.05) is 11.9 Å². The molecular weight excluding hydrogens is 306 g/mol. The number of fused-ring (bicyclic) bond motifs is 1. The molecule has 0 aliphatic heterocycles. The number of aryl methyl sites for hydroxylation is 4. The van der Waals surface area contributed by atoms with Crippen molar-refractivity contribution < 1.29 is 13.9 Å². The normalized spacial score (nSPS) is 10.8. The van der Waals surface area contributed by atoms with Crippen molar-refractivity contribution in [1.29, 1.82) is 0 Å². The summed E-state index contributed by atoms with van der Waals surface area (Å²) in [6.07, 6.45) is 1.36. The number of hydrogen-bond acceptors (Lipinski definition) is 5. The Morgan fingerprint density at radius 3 is 2.71 bits per heavy atom. The van der Waals surface area contributed by atoms with Crippen molar-refractivity contribution in [2.24, 2.45) is 0 Å². The van der Waals surface area contributed by atoms with Gasteiger partial charge in [0.25, 0.3) is 5.91 Å². The lowest BCUT2D eigenvalue weighted by Gasteiger charge is -2.09. The first kappa shape index (κ1) is 16.0. The third kappa shape index (κ3) is 3.08. The van der Waals surface area contributed by atoms with Crippen LogP contribution < -0.4 is 10.1 Å². The lowest BCUT2D eigenvalue weighted by molar-refractivity contribution is -0.118. The van der Waals surface area contributed by atoms with Gasteiger partial charge < -0.3 is 14.5 Å². The summed E-state index contributed by atoms with van der Waals surface area (Å²) in [7, 11) is 0. The topological polar surface area (TPSA) is 77.2 Å². The summed E-state index contributed by atoms with van der Waals surface area (Å²) >= 11 is 0. The minimum atomic E-state index is -0.247. The number of anilines is 1. The van der Waals surface area contributed by atoms with Gasteiger partial charge in [-0.25, -0.2) is 9.97 Å². The van der Waals surface area contributed by atoms with E-state index < -0.39 is 0 Å². The van der Waals surface area contributed by atoms with Gasteiger partial charge >= 0.3 is 0 Å². The fourth-order valence-corrected chi connectivity index (χ4v) is 2.41. The number of ether oxygens (including phenoxy) is 1. The summed E-state index contributed by atoms with van der Waals surface area (Å²) < 4.78 is 11.1. The predicted octanol–water partition coefficient (Wildman–Crippen LogP) is 3.47. The maximum Gasteiger partial charge on any atom is 0.262 e. The van der Waals surface area contributed by atoms with Crippen LogP contribution in [0.1, 0.15) is 22.5 Å². The Morgan fingerprint density at radius 1 is 1.17 bits per heavy atom. The van der Waals surface area contributed by atoms with Gasteiger partial charge in [0, 0.05) is 11.3 Å². The van der Waals surface area contributed by atoms with E-state index in [9.17, 15) is 4.79 Å². The van der Waals surface area contributed by atoms with Crippen LogP contribution in [0.25, 0.3) is 11.1 Å². The lowest BCUT2D eigenvalue weighted by atomic mass is 10.1. The van der Waals surface area contributed by atoms with Crippen LogP contribution in [0, 0.1) is 27.7 Å². The number of amides is 1. The van der Waals surface area contributed by atoms with Crippen molar-refractivity contribution in [3.8, 4) is 5.88 Å². The molecule has 24 heavy (non-hydrogen) atoms. The number of furan rings is 1. The molecule has 6 nitrogen and oxygen atoms in total. The van der Waals surface area contributed by atoms with Crippen molar-refractivity contribution >= 4 is 22.7 Å². The molecule has 0 saturated heterocycles. The van der Waals surface area contributed by atoms with E-state index in [1.54, 1.807) is 0 Å². The molecule has 124 valence electrons. The highest BCUT2D eigenvalue weighted by Gasteiger charge is 2.15. The van der Waals surface area contributed by atoms with Crippen LogP contribution in [0.15, 0.2) is 28.9 Å². The van der Waals surface area contributed by atoms with Gasteiger partial charge in [-0.05, 0) is 51.0 Å². The monoisotopic (exact) mass is 325 g/mol. The van der Waals surface area contributed by atoms with Crippen molar-refractivity contribution in [3.63, 3.8) is 0 Å². The van der Waals surface area contributed by atoms with Gasteiger partial charge in [-0.3, -0.25) is 4.79 Å². The van der Waals surface area contributed by atoms with Crippen LogP contribution >= 0.6 is 0 Å². The second-order valence-corrected chi connectivity index (χ2v) is 5.78. The molecular formula is C18H19N3O3. The van der Waals surface area contributed by atoms with Gasteiger partial charge in [-0.2, -0.15) is 0 Å². The smallest absolute Gasteiger partial charge is 0.262 e. The molecule has 3 rings (SSSR count). The minimum Gasteiger partial charge on any atom is -0.467 e. The first-order chi connectivity index (χ1) is 11.5. The first-order valence-electron chi connectivity index (χ1n) is 7.66. The van der Waals surface area contributed by atoms with Crippen molar-refractivity contribution in [3.05, 3.63) is 47.0 Å². The molecule has 1 aromatic carbocycles. The molecule has 3 aromatic rings. The summed E-state index contributed by atoms with van der Waals surface area (Å²) in [6, 6.07) is 5.77. The molecule has 2 aromatic heterocycles. The highest BCUT2D eigenvalue weighted by atomic mass is 16.5. The highest BCUT2D eigenvalue weighted by molar-refractivity contribution is 5.92. The highest BCUT2D eigenvalue weighted by Crippen LogP contribution is 2.29. The van der Waals surface area contributed by atoms with Crippen molar-refractivity contribution in [1.82, 2.24) is 9.97 Å². The number of nitrogens with one attached hydrogen (secondary N) is 1. The average Bonchev–Trinajstić information content (AvgIpc) is 2.84. The van der Waals surface area contributed by atoms with E-state index in [1.807, 2.05) is 45.9 Å². The van der Waals surface area contributed by atoms with Crippen LogP contribution in [0.5, 0.6) is 5.88 Å². The zero-order valence-electron chi connectivity index (χ0n) is 14.1. The predicted molar refractivity (Wildman–Crippen MR) is 91.3 cm³/mol. The van der Waals surface area contributed by atoms with Crippen LogP contribution in [0.4, 0.5) is 5.69 Å². The summed E-state index contributed by atoms with van der Waals surface area (Å²) in [4.78, 5) is 20.3. The molecule has 0 unspecified atom stereocenters. The summed E-state index contributed by atoms with van der Waals surface area (Å²) in [5.41, 5.74) is 4.42. The second-order valence-electron chi connectivity index (χ2n) is 5.78. The first-order valence-corrected chi connectivity index (χ1v) is 7.66. The summed E-state index contributed by atoms with van der Waals surface area (Å²) in [5, 5.41) is 3.52. The zero-order chi connectivity index (χ0) is 17.3. The number of benzene rings is 1. The fourth-order valence-electron chi connectivity index (χ4n) is 2.41. The molecule has 0 aliphatic carbocycles. The van der Waals surface area contributed by atoms with Gasteiger partial charge in [0.1, 0.15) is 17.5 Å². The van der Waals surface area contributed by atoms with Gasteiger partial charge in [0.15, 0.2) is 6.61 Å². The minimum absolute atomic E-state index is 0.136. The third-order valence-corrected chi connectivity index (χ3v) is 4.06. The molecule has 0 aliphatic rings. The number of rotatable bonds is 4. The molecule has 2 heterocycles. The Kier molecular flexibility index (Phi) is 4.20. The Morgan fingerprint density at radius 2 is 1.96 bits per heavy atom. The third-order valence-electron chi connectivity index (χ3n) is 4.06. The van der Waals surface area contributed by atoms with E-state index in [0.717, 1.165) is 22.6 Å². The number of hydrogen-bond donors (Lipinski definition) is 1. The SMILES string of the molecule is Cc1ccc(NC(=O)COc2ncnc3oc(C)c(C)c23)cc1C. The standard InChI is InChI=1S/C18H19N3O3/c1-10-5-6-14(7-11(10)2)21-15(22)8-23-17-16-12(3)13(4)24-18(16)20-9-19-17/h5-7,9H,8H2,1-4H3,(H,21,22). The van der Waals surface area contributed by atoms with E-state index in [2.05, 4.69) is 15.3 Å². The number of carbonyl (C=O) groups is 1. The molecule has 0 saturated carbocycles. The van der Waals surface area contributed by atoms with E-state index >= 15 is 0 Å². The Bertz CT molecular complexity index is 915. The Labute approximate surface area is 139 Å². The number of carbonyl (C=O) groups excluding carboxylic acids is 1. The van der Waals surface area contributed by atoms with Crippen LogP contribution in [-0.2, 0) is 4.79 Å². The van der Waals surface area contributed by atoms with Gasteiger partial charge in [0.2, 0.25) is 11.6 Å². The maximum absolute atomic E-state index is 12.1. The summed E-state index contributed by atoms with van der Waals surface area (Å²) in [6.45, 7) is 7.66. The average molecular weight is 325 g/mol. The van der Waals surface area contributed by atoms with E-state index in [-0.39, 0.29) is 12.5 Å². The lowest BCUT2D eigenvalue weighted by Crippen LogP contribution is -2.20. The molecule has 0 bridgehead atoms. The maximum atomic E-state index is 12.1. The molecule has 0 fully saturated rings. The second kappa shape index (κ2) is 6.31. The van der Waals surface area contributed by atoms with Crippen LogP contribution in [0.3, 0.4) is 0 Å². The Balaban J connectivity index is 1.71. The van der Waals surface area contributed by atoms with E-state index in [0.29, 0.717) is 17.0 Å². The largest absolute Gasteiger partial charge is 0.467 e. The molecule has 1 N–H and O–H groups in total. The van der Waals surface area contributed by atoms with Gasteiger partial charge in [-0.1, -0.05) is 6.07 Å². The van der Waals surface area contributed by atoms with Crippen LogP contribution in [0.2, 0.25) is 0 Å². The molecule has 0 radical (unpaired) electrons. The molecule has 1 amide bonds. The number of nitrogens with zero attached hydrogens (tertiary/aromatic N) is 2. The van der Waals surface area contributed by atoms with E-state index in [1.165, 1.54) is 11.9 Å².